The number of rotatable bonds is 21. The van der Waals surface area contributed by atoms with Gasteiger partial charge in [-0.15, -0.1) is 0 Å². The van der Waals surface area contributed by atoms with Crippen molar-refractivity contribution in [2.24, 2.45) is 17.8 Å². The van der Waals surface area contributed by atoms with Gasteiger partial charge in [0.2, 0.25) is 18.1 Å². The Kier molecular flexibility index (Phi) is 19.1. The number of carbonyl (C=O) groups is 6. The number of fused-ring (bicyclic) bond motifs is 3. The summed E-state index contributed by atoms with van der Waals surface area (Å²) in [5.74, 6) is -1.68. The predicted molar refractivity (Wildman–Crippen MR) is 287 cm³/mol. The lowest BCUT2D eigenvalue weighted by molar-refractivity contribution is -0.243. The Morgan fingerprint density at radius 3 is 2.29 bits per heavy atom. The molecule has 1 aliphatic carbocycles. The molecule has 5 atom stereocenters. The number of methoxy groups -OCH3 is 1. The highest BCUT2D eigenvalue weighted by Crippen LogP contribution is 2.44. The van der Waals surface area contributed by atoms with Crippen molar-refractivity contribution in [1.82, 2.24) is 20.5 Å². The van der Waals surface area contributed by atoms with Crippen LogP contribution in [0.1, 0.15) is 97.8 Å². The summed E-state index contributed by atoms with van der Waals surface area (Å²) in [6, 6.07) is 32.0. The molecule has 0 saturated carbocycles. The highest BCUT2D eigenvalue weighted by atomic mass is 16.7. The van der Waals surface area contributed by atoms with Crippen LogP contribution in [-0.2, 0) is 44.7 Å². The van der Waals surface area contributed by atoms with E-state index in [2.05, 4.69) is 33.1 Å². The Balaban J connectivity index is 0.855. The topological polar surface area (TPSA) is 210 Å². The molecular weight excluding hydrogens is 983 g/mol. The molecule has 8 rings (SSSR count). The van der Waals surface area contributed by atoms with Crippen LogP contribution in [-0.4, -0.2) is 104 Å². The molecule has 3 N–H and O–H groups in total. The summed E-state index contributed by atoms with van der Waals surface area (Å²) in [4.78, 5) is 83.4. The second kappa shape index (κ2) is 26.6. The zero-order chi connectivity index (χ0) is 54.3. The number of esters is 2. The number of hydrogen-bond acceptors (Lipinski definition) is 13. The van der Waals surface area contributed by atoms with Crippen LogP contribution in [0.15, 0.2) is 122 Å². The average molecular weight is 1050 g/mol. The zero-order valence-corrected chi connectivity index (χ0v) is 43.9. The molecule has 17 heteroatoms. The SMILES string of the molecule is COC(=O)[C@H]1O[C@@H](Oc2ccc(COc3cccc(C(=O)N4CCC(CCCCNC(=O)/C=C/c5cccnc5)CC4)c3)cc2NC(=O)CCNC(=O)OCC2c3ccccc3-c3ccccc32)[C@H](C)[C@@H](C)[C@@H]1OC(C)=O. The lowest BCUT2D eigenvalue weighted by Crippen LogP contribution is -2.55. The molecule has 2 fully saturated rings. The minimum absolute atomic E-state index is 0.0251. The third-order valence-electron chi connectivity index (χ3n) is 14.5. The van der Waals surface area contributed by atoms with E-state index in [1.54, 1.807) is 60.9 Å². The predicted octanol–water partition coefficient (Wildman–Crippen LogP) is 8.86. The maximum Gasteiger partial charge on any atom is 0.407 e. The molecule has 4 amide bonds. The van der Waals surface area contributed by atoms with Crippen LogP contribution in [0.5, 0.6) is 11.5 Å². The molecule has 3 aliphatic rings. The van der Waals surface area contributed by atoms with Crippen molar-refractivity contribution in [3.05, 3.63) is 149 Å². The number of likely N-dealkylation sites (tertiary alicyclic amines) is 1. The van der Waals surface area contributed by atoms with Crippen LogP contribution in [0, 0.1) is 17.8 Å². The molecule has 3 heterocycles. The van der Waals surface area contributed by atoms with E-state index in [1.807, 2.05) is 67.3 Å². The fourth-order valence-corrected chi connectivity index (χ4v) is 10.1. The molecule has 0 bridgehead atoms. The number of benzene rings is 4. The number of ether oxygens (including phenoxy) is 6. The number of unbranched alkanes of at least 4 members (excludes halogenated alkanes) is 1. The summed E-state index contributed by atoms with van der Waals surface area (Å²) < 4.78 is 35.0. The first-order valence-electron chi connectivity index (χ1n) is 26.3. The van der Waals surface area contributed by atoms with Crippen LogP contribution in [0.3, 0.4) is 0 Å². The summed E-state index contributed by atoms with van der Waals surface area (Å²) in [6.07, 6.45) is 7.36. The highest BCUT2D eigenvalue weighted by molar-refractivity contribution is 5.95. The quantitative estimate of drug-likeness (QED) is 0.0272. The van der Waals surface area contributed by atoms with Gasteiger partial charge in [0.25, 0.3) is 5.91 Å². The number of alkyl carbamates (subject to hydrolysis) is 1. The van der Waals surface area contributed by atoms with Crippen LogP contribution in [0.25, 0.3) is 17.2 Å². The summed E-state index contributed by atoms with van der Waals surface area (Å²) in [7, 11) is 1.21. The van der Waals surface area contributed by atoms with Crippen molar-refractivity contribution < 1.29 is 57.2 Å². The third-order valence-corrected chi connectivity index (χ3v) is 14.5. The van der Waals surface area contributed by atoms with Crippen molar-refractivity contribution in [2.75, 3.05) is 45.2 Å². The number of nitrogens with zero attached hydrogens (tertiary/aromatic N) is 2. The molecule has 5 aromatic rings. The van der Waals surface area contributed by atoms with Gasteiger partial charge in [-0.3, -0.25) is 24.2 Å². The third kappa shape index (κ3) is 14.7. The molecule has 404 valence electrons. The summed E-state index contributed by atoms with van der Waals surface area (Å²) in [6.45, 7) is 6.99. The number of piperidine rings is 1. The first kappa shape index (κ1) is 55.2. The largest absolute Gasteiger partial charge is 0.489 e. The van der Waals surface area contributed by atoms with Gasteiger partial charge in [-0.25, -0.2) is 9.59 Å². The van der Waals surface area contributed by atoms with Gasteiger partial charge in [0.05, 0.1) is 12.8 Å². The maximum atomic E-state index is 13.7. The van der Waals surface area contributed by atoms with Gasteiger partial charge in [0.1, 0.15) is 30.8 Å². The molecule has 0 spiro atoms. The number of nitrogens with one attached hydrogen (secondary N) is 3. The molecule has 0 radical (unpaired) electrons. The minimum Gasteiger partial charge on any atom is -0.489 e. The summed E-state index contributed by atoms with van der Waals surface area (Å²) >= 11 is 0. The molecule has 77 heavy (non-hydrogen) atoms. The molecule has 0 unspecified atom stereocenters. The standard InChI is InChI=1S/C60H67N5O12/c1-38-39(2)59(77-56(58(70)72-4)55(38)75-40(3)66)76-52-23-21-43(33-51(52)64-54(68)25-30-63-60(71)74-37-50-48-19-7-5-17-46(48)47-18-6-8-20-49(47)50)36-73-45-16-11-15-44(34-45)57(69)65-31-26-41(27-32-65)13-9-10-29-62-53(67)24-22-42-14-12-28-61-35-42/h5-8,11-12,14-24,28,33-35,38-39,41,50,55-56,59H,9-10,13,25-27,29-32,36-37H2,1-4H3,(H,62,67)(H,63,71)(H,64,68)/b24-22+/t38-,39-,55+,56+,59-/m1/s1. The van der Waals surface area contributed by atoms with Gasteiger partial charge < -0.3 is 49.3 Å². The van der Waals surface area contributed by atoms with E-state index >= 15 is 0 Å². The fraction of sp³-hybridized carbons (Fsp3) is 0.383. The van der Waals surface area contributed by atoms with Crippen LogP contribution in [0.2, 0.25) is 0 Å². The van der Waals surface area contributed by atoms with Crippen molar-refractivity contribution in [2.45, 2.75) is 90.3 Å². The summed E-state index contributed by atoms with van der Waals surface area (Å²) in [5.41, 5.74) is 6.69. The normalized spacial score (nSPS) is 19.1. The number of pyridine rings is 1. The summed E-state index contributed by atoms with van der Waals surface area (Å²) in [5, 5.41) is 8.55. The zero-order valence-electron chi connectivity index (χ0n) is 43.9. The molecule has 2 saturated heterocycles. The average Bonchev–Trinajstić information content (AvgIpc) is 3.77. The first-order valence-corrected chi connectivity index (χ1v) is 26.3. The van der Waals surface area contributed by atoms with Crippen LogP contribution < -0.4 is 25.4 Å². The number of carbonyl (C=O) groups excluding carboxylic acids is 6. The Labute approximate surface area is 449 Å². The monoisotopic (exact) mass is 1050 g/mol. The van der Waals surface area contributed by atoms with Crippen LogP contribution >= 0.6 is 0 Å². The number of amides is 4. The minimum atomic E-state index is -1.28. The van der Waals surface area contributed by atoms with E-state index in [9.17, 15) is 28.8 Å². The van der Waals surface area contributed by atoms with Gasteiger partial charge in [0.15, 0.2) is 6.10 Å². The number of anilines is 1. The lowest BCUT2D eigenvalue weighted by Gasteiger charge is -2.42. The van der Waals surface area contributed by atoms with Crippen molar-refractivity contribution in [1.29, 1.82) is 0 Å². The molecular formula is C60H67N5O12. The Hall–Kier alpha value is -8.05. The van der Waals surface area contributed by atoms with E-state index in [1.165, 1.54) is 20.1 Å². The fourth-order valence-electron chi connectivity index (χ4n) is 10.1. The first-order chi connectivity index (χ1) is 37.3. The number of aromatic nitrogens is 1. The number of hydrogen-bond donors (Lipinski definition) is 3. The molecule has 2 aliphatic heterocycles. The van der Waals surface area contributed by atoms with Gasteiger partial charge in [-0.05, 0) is 101 Å². The van der Waals surface area contributed by atoms with Gasteiger partial charge in [-0.2, -0.15) is 0 Å². The van der Waals surface area contributed by atoms with E-state index in [0.29, 0.717) is 42.4 Å². The van der Waals surface area contributed by atoms with E-state index in [0.717, 1.165) is 59.9 Å². The van der Waals surface area contributed by atoms with Gasteiger partial charge >= 0.3 is 18.0 Å². The highest BCUT2D eigenvalue weighted by Gasteiger charge is 2.48. The van der Waals surface area contributed by atoms with Crippen molar-refractivity contribution in [3.63, 3.8) is 0 Å². The van der Waals surface area contributed by atoms with Gasteiger partial charge in [-0.1, -0.05) is 93.4 Å². The Morgan fingerprint density at radius 1 is 0.818 bits per heavy atom. The van der Waals surface area contributed by atoms with E-state index in [4.69, 9.17) is 28.4 Å². The van der Waals surface area contributed by atoms with E-state index < -0.39 is 54.3 Å². The second-order valence-electron chi connectivity index (χ2n) is 19.7. The van der Waals surface area contributed by atoms with Crippen molar-refractivity contribution >= 4 is 47.5 Å². The Morgan fingerprint density at radius 2 is 1.57 bits per heavy atom. The maximum absolute atomic E-state index is 13.7. The molecule has 4 aromatic carbocycles. The van der Waals surface area contributed by atoms with Crippen LogP contribution in [0.4, 0.5) is 10.5 Å². The van der Waals surface area contributed by atoms with Gasteiger partial charge in [0, 0.05) is 81.3 Å². The molecule has 1 aromatic heterocycles. The second-order valence-corrected chi connectivity index (χ2v) is 19.7. The van der Waals surface area contributed by atoms with E-state index in [-0.39, 0.29) is 55.3 Å². The molecule has 17 nitrogen and oxygen atoms in total. The lowest BCUT2D eigenvalue weighted by atomic mass is 9.84. The van der Waals surface area contributed by atoms with Crippen molar-refractivity contribution in [3.8, 4) is 22.6 Å². The Bertz CT molecular complexity index is 2860. The smallest absolute Gasteiger partial charge is 0.407 e.